The van der Waals surface area contributed by atoms with E-state index in [9.17, 15) is 31.8 Å². The van der Waals surface area contributed by atoms with E-state index in [4.69, 9.17) is 0 Å². The molecule has 0 unspecified atom stereocenters. The molecule has 0 fully saturated rings. The van der Waals surface area contributed by atoms with E-state index in [0.29, 0.717) is 27.8 Å². The minimum absolute atomic E-state index is 0.0804. The number of phenolic OH excluding ortho intramolecular Hbond substituents is 1. The quantitative estimate of drug-likeness (QED) is 0.259. The van der Waals surface area contributed by atoms with Crippen molar-refractivity contribution in [2.45, 2.75) is 16.0 Å². The van der Waals surface area contributed by atoms with Gasteiger partial charge in [-0.25, -0.2) is 8.42 Å². The number of nitrogens with one attached hydrogen (secondary N) is 1. The van der Waals surface area contributed by atoms with Gasteiger partial charge in [0.25, 0.3) is 10.0 Å². The number of aliphatic hydroxyl groups is 1. The number of hydrogen-bond acceptors (Lipinski definition) is 5. The van der Waals surface area contributed by atoms with Gasteiger partial charge in [0.1, 0.15) is 5.75 Å². The Kier molecular flexibility index (Phi) is 5.91. The number of rotatable bonds is 6. The Balaban J connectivity index is 2.03. The van der Waals surface area contributed by atoms with Crippen molar-refractivity contribution in [1.29, 1.82) is 0 Å². The molecule has 0 radical (unpaired) electrons. The zero-order valence-electron chi connectivity index (χ0n) is 15.3. The normalized spacial score (nSPS) is 12.1. The average Bonchev–Trinajstić information content (AvgIpc) is 2.68. The molecule has 5 nitrogen and oxygen atoms in total. The molecule has 0 spiro atoms. The number of aliphatic hydroxyl groups excluding tert-OH is 1. The summed E-state index contributed by atoms with van der Waals surface area (Å²) in [4.78, 5) is -0.0420. The van der Waals surface area contributed by atoms with Crippen LogP contribution in [0, 0.1) is 0 Å². The van der Waals surface area contributed by atoms with Gasteiger partial charge in [-0.1, -0.05) is 30.8 Å². The minimum atomic E-state index is -4.58. The summed E-state index contributed by atoms with van der Waals surface area (Å²) in [6.45, 7) is 3.37. The number of phenols is 1. The lowest BCUT2D eigenvalue weighted by Gasteiger charge is -2.15. The SMILES string of the molecule is C=C(O)CSc1cc(NS(=O)(=O)c2ccc(C(F)(F)F)cc2)c2ccccc2c1O. The highest BCUT2D eigenvalue weighted by Crippen LogP contribution is 2.41. The monoisotopic (exact) mass is 455 g/mol. The molecule has 0 heterocycles. The second kappa shape index (κ2) is 8.11. The van der Waals surface area contributed by atoms with Crippen molar-refractivity contribution in [1.82, 2.24) is 0 Å². The first-order valence-corrected chi connectivity index (χ1v) is 10.9. The topological polar surface area (TPSA) is 86.6 Å². The maximum Gasteiger partial charge on any atom is 0.416 e. The lowest BCUT2D eigenvalue weighted by atomic mass is 10.1. The van der Waals surface area contributed by atoms with Crippen molar-refractivity contribution < 1.29 is 31.8 Å². The Morgan fingerprint density at radius 1 is 1.07 bits per heavy atom. The molecule has 3 N–H and O–H groups in total. The Labute approximate surface area is 174 Å². The van der Waals surface area contributed by atoms with E-state index in [1.807, 2.05) is 0 Å². The fraction of sp³-hybridized carbons (Fsp3) is 0.100. The smallest absolute Gasteiger partial charge is 0.416 e. The van der Waals surface area contributed by atoms with E-state index in [1.165, 1.54) is 6.07 Å². The third-order valence-electron chi connectivity index (χ3n) is 4.11. The predicted octanol–water partition coefficient (Wildman–Crippen LogP) is 5.53. The van der Waals surface area contributed by atoms with Crippen LogP contribution in [0.1, 0.15) is 5.56 Å². The fourth-order valence-corrected chi connectivity index (χ4v) is 4.56. The predicted molar refractivity (Wildman–Crippen MR) is 110 cm³/mol. The summed E-state index contributed by atoms with van der Waals surface area (Å²) in [7, 11) is -4.20. The third kappa shape index (κ3) is 4.65. The van der Waals surface area contributed by atoms with Crippen LogP contribution in [0.25, 0.3) is 10.8 Å². The second-order valence-corrected chi connectivity index (χ2v) is 9.00. The zero-order valence-corrected chi connectivity index (χ0v) is 16.9. The molecule has 0 aliphatic heterocycles. The van der Waals surface area contributed by atoms with E-state index in [1.54, 1.807) is 24.3 Å². The van der Waals surface area contributed by atoms with E-state index in [2.05, 4.69) is 11.3 Å². The largest absolute Gasteiger partial charge is 0.512 e. The first kappa shape index (κ1) is 21.8. The van der Waals surface area contributed by atoms with Crippen molar-refractivity contribution in [3.05, 3.63) is 72.5 Å². The molecule has 3 aromatic carbocycles. The Hall–Kier alpha value is -2.85. The summed E-state index contributed by atoms with van der Waals surface area (Å²) in [5.41, 5.74) is -0.825. The highest BCUT2D eigenvalue weighted by Gasteiger charge is 2.30. The van der Waals surface area contributed by atoms with Crippen LogP contribution in [-0.2, 0) is 16.2 Å². The maximum atomic E-state index is 12.8. The summed E-state index contributed by atoms with van der Waals surface area (Å²) in [6.07, 6.45) is -4.58. The summed E-state index contributed by atoms with van der Waals surface area (Å²) in [6, 6.07) is 11.0. The third-order valence-corrected chi connectivity index (χ3v) is 6.59. The summed E-state index contributed by atoms with van der Waals surface area (Å²) in [5.74, 6) is -0.134. The molecular weight excluding hydrogens is 439 g/mol. The molecule has 0 bridgehead atoms. The highest BCUT2D eigenvalue weighted by atomic mass is 32.2. The number of sulfonamides is 1. The van der Waals surface area contributed by atoms with Gasteiger partial charge < -0.3 is 10.2 Å². The number of thioether (sulfide) groups is 1. The van der Waals surface area contributed by atoms with E-state index < -0.39 is 21.8 Å². The number of fused-ring (bicyclic) bond motifs is 1. The van der Waals surface area contributed by atoms with Gasteiger partial charge in [-0.15, -0.1) is 11.8 Å². The maximum absolute atomic E-state index is 12.8. The van der Waals surface area contributed by atoms with Crippen LogP contribution in [0.3, 0.4) is 0 Å². The second-order valence-electron chi connectivity index (χ2n) is 6.30. The lowest BCUT2D eigenvalue weighted by Crippen LogP contribution is -2.14. The molecule has 0 aromatic heterocycles. The fourth-order valence-electron chi connectivity index (χ4n) is 2.72. The first-order chi connectivity index (χ1) is 14.0. The molecule has 3 aromatic rings. The molecule has 0 saturated heterocycles. The number of alkyl halides is 3. The molecule has 0 aliphatic rings. The van der Waals surface area contributed by atoms with Crippen molar-refractivity contribution in [2.75, 3.05) is 10.5 Å². The number of benzene rings is 3. The number of aromatic hydroxyl groups is 1. The van der Waals surface area contributed by atoms with Crippen LogP contribution >= 0.6 is 11.8 Å². The van der Waals surface area contributed by atoms with Gasteiger partial charge >= 0.3 is 6.18 Å². The minimum Gasteiger partial charge on any atom is -0.512 e. The molecule has 30 heavy (non-hydrogen) atoms. The summed E-state index contributed by atoms with van der Waals surface area (Å²) >= 11 is 1.05. The summed E-state index contributed by atoms with van der Waals surface area (Å²) in [5, 5.41) is 20.6. The Bertz CT molecular complexity index is 1210. The molecule has 0 atom stereocenters. The summed E-state index contributed by atoms with van der Waals surface area (Å²) < 4.78 is 66.1. The van der Waals surface area contributed by atoms with Crippen molar-refractivity contribution in [2.24, 2.45) is 0 Å². The zero-order chi connectivity index (χ0) is 22.1. The molecule has 0 aliphatic carbocycles. The van der Waals surface area contributed by atoms with Crippen LogP contribution in [0.15, 0.2) is 76.7 Å². The van der Waals surface area contributed by atoms with Gasteiger partial charge in [-0.2, -0.15) is 13.2 Å². The van der Waals surface area contributed by atoms with E-state index in [-0.39, 0.29) is 27.8 Å². The van der Waals surface area contributed by atoms with Gasteiger partial charge in [-0.05, 0) is 30.3 Å². The molecule has 0 amide bonds. The van der Waals surface area contributed by atoms with Crippen molar-refractivity contribution >= 4 is 38.2 Å². The molecule has 158 valence electrons. The lowest BCUT2D eigenvalue weighted by molar-refractivity contribution is -0.137. The van der Waals surface area contributed by atoms with Gasteiger partial charge in [-0.3, -0.25) is 4.72 Å². The molecule has 0 saturated carbocycles. The number of halogens is 3. The van der Waals surface area contributed by atoms with E-state index >= 15 is 0 Å². The van der Waals surface area contributed by atoms with Gasteiger partial charge in [0.2, 0.25) is 0 Å². The highest BCUT2D eigenvalue weighted by molar-refractivity contribution is 7.99. The average molecular weight is 455 g/mol. The van der Waals surface area contributed by atoms with Crippen LogP contribution in [0.5, 0.6) is 5.75 Å². The van der Waals surface area contributed by atoms with E-state index in [0.717, 1.165) is 23.9 Å². The number of anilines is 1. The first-order valence-electron chi connectivity index (χ1n) is 8.43. The van der Waals surface area contributed by atoms with Gasteiger partial charge in [0, 0.05) is 10.8 Å². The van der Waals surface area contributed by atoms with Crippen LogP contribution in [0.2, 0.25) is 0 Å². The molecule has 10 heteroatoms. The standard InChI is InChI=1S/C20H16F3NO4S2/c1-12(25)11-29-18-10-17(15-4-2-3-5-16(15)19(18)26)24-30(27,28)14-8-6-13(7-9-14)20(21,22)23/h2-10,24-26H,1,11H2. The number of hydrogen-bond donors (Lipinski definition) is 3. The molecular formula is C20H16F3NO4S2. The van der Waals surface area contributed by atoms with Crippen molar-refractivity contribution in [3.63, 3.8) is 0 Å². The van der Waals surface area contributed by atoms with Gasteiger partial charge in [0.15, 0.2) is 0 Å². The Morgan fingerprint density at radius 3 is 2.23 bits per heavy atom. The van der Waals surface area contributed by atoms with Crippen molar-refractivity contribution in [3.8, 4) is 5.75 Å². The van der Waals surface area contributed by atoms with Crippen LogP contribution in [-0.4, -0.2) is 24.4 Å². The Morgan fingerprint density at radius 2 is 1.67 bits per heavy atom. The van der Waals surface area contributed by atoms with Crippen LogP contribution in [0.4, 0.5) is 18.9 Å². The van der Waals surface area contributed by atoms with Gasteiger partial charge in [0.05, 0.1) is 32.6 Å². The molecule has 3 rings (SSSR count). The van der Waals surface area contributed by atoms with Crippen LogP contribution < -0.4 is 4.72 Å².